The average Bonchev–Trinajstić information content (AvgIpc) is 2.91. The third kappa shape index (κ3) is 4.03. The summed E-state index contributed by atoms with van der Waals surface area (Å²) in [6.07, 6.45) is 4.59. The lowest BCUT2D eigenvalue weighted by Gasteiger charge is -2.15. The Labute approximate surface area is 146 Å². The van der Waals surface area contributed by atoms with Crippen molar-refractivity contribution >= 4 is 17.5 Å². The van der Waals surface area contributed by atoms with Gasteiger partial charge < -0.3 is 10.1 Å². The molecule has 1 saturated heterocycles. The molecule has 2 N–H and O–H groups in total. The van der Waals surface area contributed by atoms with Gasteiger partial charge in [-0.05, 0) is 48.9 Å². The van der Waals surface area contributed by atoms with Crippen molar-refractivity contribution < 1.29 is 19.6 Å². The van der Waals surface area contributed by atoms with E-state index in [9.17, 15) is 9.59 Å². The van der Waals surface area contributed by atoms with Crippen LogP contribution in [-0.4, -0.2) is 36.0 Å². The Balaban J connectivity index is 1.59. The molecule has 6 nitrogen and oxygen atoms in total. The number of nitrogens with zero attached hydrogens (tertiary/aromatic N) is 2. The summed E-state index contributed by atoms with van der Waals surface area (Å²) in [4.78, 5) is 30.2. The molecule has 2 heterocycles. The summed E-state index contributed by atoms with van der Waals surface area (Å²) in [5, 5.41) is 1.95. The summed E-state index contributed by atoms with van der Waals surface area (Å²) in [5.41, 5.74) is 1.77. The van der Waals surface area contributed by atoms with Crippen LogP contribution in [0.3, 0.4) is 0 Å². The molecular formula is C19H22N3O3+. The van der Waals surface area contributed by atoms with E-state index < -0.39 is 0 Å². The highest BCUT2D eigenvalue weighted by molar-refractivity contribution is 6.21. The van der Waals surface area contributed by atoms with Crippen molar-refractivity contribution in [3.05, 3.63) is 54.4 Å². The van der Waals surface area contributed by atoms with Crippen molar-refractivity contribution in [3.8, 4) is 5.75 Å². The van der Waals surface area contributed by atoms with Gasteiger partial charge in [-0.15, -0.1) is 0 Å². The number of rotatable bonds is 7. The Morgan fingerprint density at radius 2 is 1.88 bits per heavy atom. The number of benzene rings is 1. The van der Waals surface area contributed by atoms with Crippen LogP contribution in [0.25, 0.3) is 0 Å². The number of ether oxygens (including phenoxy) is 1. The number of quaternary nitrogens is 1. The normalized spacial score (nSPS) is 17.2. The Morgan fingerprint density at radius 3 is 2.56 bits per heavy atom. The van der Waals surface area contributed by atoms with Crippen LogP contribution in [0.2, 0.25) is 0 Å². The number of aromatic nitrogens is 1. The molecule has 1 atom stereocenters. The molecule has 0 unspecified atom stereocenters. The van der Waals surface area contributed by atoms with Gasteiger partial charge in [-0.2, -0.15) is 0 Å². The number of carbonyl (C=O) groups is 2. The maximum absolute atomic E-state index is 12.6. The van der Waals surface area contributed by atoms with Crippen LogP contribution < -0.4 is 15.0 Å². The van der Waals surface area contributed by atoms with Gasteiger partial charge >= 0.3 is 0 Å². The third-order valence-corrected chi connectivity index (χ3v) is 4.22. The fraction of sp³-hybridized carbons (Fsp3) is 0.316. The van der Waals surface area contributed by atoms with E-state index in [-0.39, 0.29) is 24.3 Å². The summed E-state index contributed by atoms with van der Waals surface area (Å²) in [6.45, 7) is 3.24. The second-order valence-corrected chi connectivity index (χ2v) is 5.93. The molecule has 0 saturated carbocycles. The lowest BCUT2D eigenvalue weighted by molar-refractivity contribution is -0.674. The molecule has 2 aromatic rings. The van der Waals surface area contributed by atoms with E-state index in [4.69, 9.17) is 4.74 Å². The number of hydrogen-bond donors (Lipinski definition) is 1. The number of anilines is 1. The van der Waals surface area contributed by atoms with E-state index in [2.05, 4.69) is 4.98 Å². The zero-order valence-corrected chi connectivity index (χ0v) is 14.2. The first-order chi connectivity index (χ1) is 12.2. The molecule has 2 amide bonds. The van der Waals surface area contributed by atoms with E-state index in [0.29, 0.717) is 12.3 Å². The van der Waals surface area contributed by atoms with Crippen molar-refractivity contribution in [2.45, 2.75) is 25.8 Å². The smallest absolute Gasteiger partial charge is 0.292 e. The average molecular weight is 340 g/mol. The monoisotopic (exact) mass is 340 g/mol. The topological polar surface area (TPSA) is 76.1 Å². The number of carbonyl (C=O) groups excluding carboxylic acids is 2. The minimum absolute atomic E-state index is 0.149. The summed E-state index contributed by atoms with van der Waals surface area (Å²) in [5.74, 6) is 0.425. The van der Waals surface area contributed by atoms with Gasteiger partial charge in [0.05, 0.1) is 25.3 Å². The molecular weight excluding hydrogens is 318 g/mol. The van der Waals surface area contributed by atoms with Gasteiger partial charge in [-0.3, -0.25) is 14.6 Å². The van der Waals surface area contributed by atoms with Crippen LogP contribution in [0.1, 0.15) is 18.9 Å². The van der Waals surface area contributed by atoms with Crippen molar-refractivity contribution in [3.63, 3.8) is 0 Å². The van der Waals surface area contributed by atoms with Crippen LogP contribution in [0.4, 0.5) is 5.69 Å². The van der Waals surface area contributed by atoms with E-state index >= 15 is 0 Å². The molecule has 0 spiro atoms. The second kappa shape index (κ2) is 7.90. The molecule has 1 aromatic heterocycles. The summed E-state index contributed by atoms with van der Waals surface area (Å²) >= 11 is 0. The zero-order valence-electron chi connectivity index (χ0n) is 14.2. The predicted octanol–water partition coefficient (Wildman–Crippen LogP) is 0.918. The third-order valence-electron chi connectivity index (χ3n) is 4.22. The fourth-order valence-corrected chi connectivity index (χ4v) is 2.97. The van der Waals surface area contributed by atoms with Crippen LogP contribution in [-0.2, 0) is 16.0 Å². The molecule has 0 aliphatic carbocycles. The number of amides is 2. The van der Waals surface area contributed by atoms with Gasteiger partial charge in [-0.1, -0.05) is 0 Å². The zero-order chi connectivity index (χ0) is 17.6. The SMILES string of the molecule is CCOc1ccc(N2C(=O)C[C@H]([NH2+]CCc3ccncc3)C2=O)cc1. The molecule has 1 aliphatic heterocycles. The van der Waals surface area contributed by atoms with Crippen molar-refractivity contribution in [1.29, 1.82) is 0 Å². The highest BCUT2D eigenvalue weighted by atomic mass is 16.5. The fourth-order valence-electron chi connectivity index (χ4n) is 2.97. The first-order valence-corrected chi connectivity index (χ1v) is 8.51. The molecule has 1 fully saturated rings. The lowest BCUT2D eigenvalue weighted by atomic mass is 10.2. The predicted molar refractivity (Wildman–Crippen MR) is 93.2 cm³/mol. The first kappa shape index (κ1) is 17.1. The molecule has 0 radical (unpaired) electrons. The van der Waals surface area contributed by atoms with Gasteiger partial charge in [0.1, 0.15) is 5.75 Å². The van der Waals surface area contributed by atoms with Crippen molar-refractivity contribution in [1.82, 2.24) is 4.98 Å². The van der Waals surface area contributed by atoms with E-state index in [1.807, 2.05) is 24.4 Å². The maximum atomic E-state index is 12.6. The Bertz CT molecular complexity index is 731. The number of imide groups is 1. The standard InChI is InChI=1S/C19H21N3O3/c1-2-25-16-5-3-15(4-6-16)22-18(23)13-17(19(22)24)21-12-9-14-7-10-20-11-8-14/h3-8,10-11,17,21H,2,9,12-13H2,1H3/p+1/t17-/m0/s1. The Hall–Kier alpha value is -2.73. The van der Waals surface area contributed by atoms with Crippen LogP contribution in [0.15, 0.2) is 48.8 Å². The first-order valence-electron chi connectivity index (χ1n) is 8.51. The number of nitrogens with two attached hydrogens (primary N) is 1. The minimum atomic E-state index is -0.346. The van der Waals surface area contributed by atoms with Gasteiger partial charge in [0.25, 0.3) is 5.91 Å². The van der Waals surface area contributed by atoms with Crippen LogP contribution >= 0.6 is 0 Å². The van der Waals surface area contributed by atoms with Gasteiger partial charge in [0, 0.05) is 18.8 Å². The van der Waals surface area contributed by atoms with Crippen LogP contribution in [0, 0.1) is 0 Å². The van der Waals surface area contributed by atoms with Gasteiger partial charge in [0.2, 0.25) is 5.91 Å². The Morgan fingerprint density at radius 1 is 1.16 bits per heavy atom. The molecule has 130 valence electrons. The van der Waals surface area contributed by atoms with Crippen molar-refractivity contribution in [2.24, 2.45) is 0 Å². The number of hydrogen-bond acceptors (Lipinski definition) is 4. The minimum Gasteiger partial charge on any atom is -0.494 e. The van der Waals surface area contributed by atoms with Gasteiger partial charge in [-0.25, -0.2) is 4.90 Å². The summed E-state index contributed by atoms with van der Waals surface area (Å²) in [7, 11) is 0. The summed E-state index contributed by atoms with van der Waals surface area (Å²) in [6, 6.07) is 10.6. The van der Waals surface area contributed by atoms with E-state index in [1.54, 1.807) is 36.7 Å². The maximum Gasteiger partial charge on any atom is 0.292 e. The molecule has 1 aromatic carbocycles. The molecule has 25 heavy (non-hydrogen) atoms. The highest BCUT2D eigenvalue weighted by Gasteiger charge is 2.42. The lowest BCUT2D eigenvalue weighted by Crippen LogP contribution is -2.92. The molecule has 1 aliphatic rings. The van der Waals surface area contributed by atoms with E-state index in [0.717, 1.165) is 18.7 Å². The van der Waals surface area contributed by atoms with Crippen molar-refractivity contribution in [2.75, 3.05) is 18.1 Å². The molecule has 0 bridgehead atoms. The summed E-state index contributed by atoms with van der Waals surface area (Å²) < 4.78 is 5.39. The van der Waals surface area contributed by atoms with Crippen LogP contribution in [0.5, 0.6) is 5.75 Å². The largest absolute Gasteiger partial charge is 0.494 e. The van der Waals surface area contributed by atoms with Gasteiger partial charge in [0.15, 0.2) is 6.04 Å². The van der Waals surface area contributed by atoms with E-state index in [1.165, 1.54) is 10.5 Å². The molecule has 6 heteroatoms. The highest BCUT2D eigenvalue weighted by Crippen LogP contribution is 2.24. The quantitative estimate of drug-likeness (QED) is 0.761. The molecule has 3 rings (SSSR count). The number of pyridine rings is 1. The second-order valence-electron chi connectivity index (χ2n) is 5.93. The Kier molecular flexibility index (Phi) is 5.40.